The van der Waals surface area contributed by atoms with E-state index in [4.69, 9.17) is 9.15 Å². The maximum atomic E-state index is 12.8. The second-order valence-electron chi connectivity index (χ2n) is 8.24. The summed E-state index contributed by atoms with van der Waals surface area (Å²) in [5.74, 6) is 0.461. The number of aromatic nitrogens is 1. The van der Waals surface area contributed by atoms with E-state index in [0.29, 0.717) is 49.5 Å². The van der Waals surface area contributed by atoms with E-state index in [1.807, 2.05) is 0 Å². The number of nitrogens with one attached hydrogen (secondary N) is 1. The molecule has 2 atom stereocenters. The molecule has 8 heteroatoms. The van der Waals surface area contributed by atoms with E-state index in [0.717, 1.165) is 31.3 Å². The number of piperidine rings is 3. The lowest BCUT2D eigenvalue weighted by molar-refractivity contribution is 0.0216. The Balaban J connectivity index is 1.33. The lowest BCUT2D eigenvalue weighted by atomic mass is 9.79. The van der Waals surface area contributed by atoms with E-state index in [-0.39, 0.29) is 23.6 Å². The Labute approximate surface area is 169 Å². The molecule has 6 rings (SSSR count). The number of amides is 2. The Bertz CT molecular complexity index is 926. The molecule has 4 aliphatic heterocycles. The zero-order valence-corrected chi connectivity index (χ0v) is 16.6. The number of rotatable bonds is 3. The van der Waals surface area contributed by atoms with Gasteiger partial charge in [0.25, 0.3) is 11.8 Å². The topological polar surface area (TPSA) is 87.9 Å². The number of furan rings is 1. The first-order valence-electron chi connectivity index (χ1n) is 10.4. The fraction of sp³-hybridized carbons (Fsp3) is 0.571. The van der Waals surface area contributed by atoms with Gasteiger partial charge in [-0.15, -0.1) is 0 Å². The molecule has 0 saturated carbocycles. The summed E-state index contributed by atoms with van der Waals surface area (Å²) in [6.45, 7) is 6.61. The van der Waals surface area contributed by atoms with Crippen LogP contribution in [0.3, 0.4) is 0 Å². The molecule has 0 aliphatic carbocycles. The van der Waals surface area contributed by atoms with E-state index >= 15 is 0 Å². The summed E-state index contributed by atoms with van der Waals surface area (Å²) in [6.07, 6.45) is 3.86. The van der Waals surface area contributed by atoms with Crippen LogP contribution >= 0.6 is 0 Å². The van der Waals surface area contributed by atoms with Gasteiger partial charge < -0.3 is 19.4 Å². The van der Waals surface area contributed by atoms with Gasteiger partial charge in [0.2, 0.25) is 0 Å². The summed E-state index contributed by atoms with van der Waals surface area (Å²) < 4.78 is 11.1. The molecule has 0 spiro atoms. The Morgan fingerprint density at radius 1 is 1.14 bits per heavy atom. The van der Waals surface area contributed by atoms with Gasteiger partial charge in [0, 0.05) is 42.8 Å². The van der Waals surface area contributed by atoms with Crippen molar-refractivity contribution in [3.8, 4) is 0 Å². The van der Waals surface area contributed by atoms with Gasteiger partial charge >= 0.3 is 0 Å². The minimum absolute atomic E-state index is 0.151. The van der Waals surface area contributed by atoms with Crippen molar-refractivity contribution >= 4 is 22.8 Å². The highest BCUT2D eigenvalue weighted by Crippen LogP contribution is 2.32. The quantitative estimate of drug-likeness (QED) is 0.843. The Hall–Kier alpha value is -2.45. The molecular weight excluding hydrogens is 372 g/mol. The van der Waals surface area contributed by atoms with E-state index in [9.17, 15) is 9.59 Å². The van der Waals surface area contributed by atoms with Gasteiger partial charge in [0.15, 0.2) is 5.76 Å². The van der Waals surface area contributed by atoms with Crippen LogP contribution in [0, 0.1) is 5.92 Å². The van der Waals surface area contributed by atoms with Gasteiger partial charge in [-0.2, -0.15) is 0 Å². The second-order valence-corrected chi connectivity index (χ2v) is 8.24. The molecule has 0 radical (unpaired) electrons. The van der Waals surface area contributed by atoms with Gasteiger partial charge in [-0.3, -0.25) is 19.5 Å². The van der Waals surface area contributed by atoms with Crippen molar-refractivity contribution in [1.82, 2.24) is 20.1 Å². The number of carbonyl (C=O) groups is 2. The number of ether oxygens (including phenoxy) is 1. The molecule has 2 aromatic rings. The molecule has 1 N–H and O–H groups in total. The fourth-order valence-corrected chi connectivity index (χ4v) is 4.86. The Morgan fingerprint density at radius 2 is 1.90 bits per heavy atom. The highest BCUT2D eigenvalue weighted by molar-refractivity contribution is 5.98. The Morgan fingerprint density at radius 3 is 2.62 bits per heavy atom. The van der Waals surface area contributed by atoms with Crippen LogP contribution in [0.1, 0.15) is 40.8 Å². The van der Waals surface area contributed by atoms with Crippen LogP contribution in [-0.2, 0) is 4.74 Å². The molecule has 29 heavy (non-hydrogen) atoms. The fourth-order valence-electron chi connectivity index (χ4n) is 4.86. The molecule has 4 saturated heterocycles. The van der Waals surface area contributed by atoms with Crippen LogP contribution in [0.15, 0.2) is 22.7 Å². The Kier molecular flexibility index (Phi) is 4.75. The monoisotopic (exact) mass is 398 g/mol. The highest BCUT2D eigenvalue weighted by atomic mass is 16.5. The highest BCUT2D eigenvalue weighted by Gasteiger charge is 2.40. The summed E-state index contributed by atoms with van der Waals surface area (Å²) in [6, 6.07) is 3.82. The van der Waals surface area contributed by atoms with Gasteiger partial charge in [-0.25, -0.2) is 0 Å². The van der Waals surface area contributed by atoms with E-state index in [1.165, 1.54) is 0 Å². The minimum Gasteiger partial charge on any atom is -0.451 e. The smallest absolute Gasteiger partial charge is 0.289 e. The lowest BCUT2D eigenvalue weighted by Gasteiger charge is -2.49. The summed E-state index contributed by atoms with van der Waals surface area (Å²) in [5.41, 5.74) is 0.824. The SMILES string of the molecule is CC1C(NC(=O)c2cc3oc(C(=O)N4CCOCC4)cc3cn2)C2CCN1CC2. The van der Waals surface area contributed by atoms with E-state index in [1.54, 1.807) is 23.2 Å². The van der Waals surface area contributed by atoms with Crippen molar-refractivity contribution in [2.75, 3.05) is 39.4 Å². The molecule has 2 bridgehead atoms. The number of morpholine rings is 1. The largest absolute Gasteiger partial charge is 0.451 e. The zero-order valence-electron chi connectivity index (χ0n) is 16.6. The maximum absolute atomic E-state index is 12.8. The second kappa shape index (κ2) is 7.42. The molecule has 4 fully saturated rings. The summed E-state index contributed by atoms with van der Waals surface area (Å²) >= 11 is 0. The average Bonchev–Trinajstić information content (AvgIpc) is 3.20. The molecule has 2 unspecified atom stereocenters. The molecule has 2 amide bonds. The zero-order chi connectivity index (χ0) is 20.0. The summed E-state index contributed by atoms with van der Waals surface area (Å²) in [7, 11) is 0. The third-order valence-corrected chi connectivity index (χ3v) is 6.62. The standard InChI is InChI=1S/C21H26N4O4/c1-13-19(14-2-4-24(13)5-3-14)23-20(26)16-11-17-15(12-22-16)10-18(29-17)21(27)25-6-8-28-9-7-25/h10-14,19H,2-9H2,1H3,(H,23,26). The molecule has 4 aliphatic rings. The van der Waals surface area contributed by atoms with Crippen molar-refractivity contribution in [3.05, 3.63) is 29.8 Å². The van der Waals surface area contributed by atoms with Crippen LogP contribution in [-0.4, -0.2) is 78.1 Å². The van der Waals surface area contributed by atoms with Crippen molar-refractivity contribution < 1.29 is 18.7 Å². The molecule has 0 aromatic carbocycles. The molecule has 154 valence electrons. The third kappa shape index (κ3) is 3.40. The van der Waals surface area contributed by atoms with Crippen LogP contribution in [0.2, 0.25) is 0 Å². The van der Waals surface area contributed by atoms with Crippen LogP contribution in [0.25, 0.3) is 11.0 Å². The molecule has 6 heterocycles. The number of fused-ring (bicyclic) bond motifs is 4. The molecule has 8 nitrogen and oxygen atoms in total. The van der Waals surface area contributed by atoms with Crippen molar-refractivity contribution in [2.24, 2.45) is 5.92 Å². The normalized spacial score (nSPS) is 29.2. The van der Waals surface area contributed by atoms with Gasteiger partial charge in [0.1, 0.15) is 11.3 Å². The van der Waals surface area contributed by atoms with Crippen LogP contribution < -0.4 is 5.32 Å². The van der Waals surface area contributed by atoms with Crippen LogP contribution in [0.5, 0.6) is 0 Å². The predicted molar refractivity (Wildman–Crippen MR) is 106 cm³/mol. The van der Waals surface area contributed by atoms with Crippen molar-refractivity contribution in [3.63, 3.8) is 0 Å². The van der Waals surface area contributed by atoms with E-state index in [2.05, 4.69) is 22.1 Å². The summed E-state index contributed by atoms with van der Waals surface area (Å²) in [4.78, 5) is 34.0. The first-order valence-corrected chi connectivity index (χ1v) is 10.4. The molecule has 2 aromatic heterocycles. The average molecular weight is 398 g/mol. The number of carbonyl (C=O) groups excluding carboxylic acids is 2. The predicted octanol–water partition coefficient (Wildman–Crippen LogP) is 1.51. The number of hydrogen-bond acceptors (Lipinski definition) is 6. The van der Waals surface area contributed by atoms with Gasteiger partial charge in [-0.1, -0.05) is 0 Å². The first-order chi connectivity index (χ1) is 14.1. The van der Waals surface area contributed by atoms with Crippen LogP contribution in [0.4, 0.5) is 0 Å². The number of hydrogen-bond donors (Lipinski definition) is 1. The molecular formula is C21H26N4O4. The number of nitrogens with zero attached hydrogens (tertiary/aromatic N) is 3. The lowest BCUT2D eigenvalue weighted by Crippen LogP contribution is -2.62. The van der Waals surface area contributed by atoms with Crippen molar-refractivity contribution in [1.29, 1.82) is 0 Å². The summed E-state index contributed by atoms with van der Waals surface area (Å²) in [5, 5.41) is 3.91. The first kappa shape index (κ1) is 18.6. The minimum atomic E-state index is -0.185. The maximum Gasteiger partial charge on any atom is 0.289 e. The van der Waals surface area contributed by atoms with Gasteiger partial charge in [0.05, 0.1) is 13.2 Å². The van der Waals surface area contributed by atoms with E-state index < -0.39 is 0 Å². The van der Waals surface area contributed by atoms with Crippen molar-refractivity contribution in [2.45, 2.75) is 31.8 Å². The van der Waals surface area contributed by atoms with Gasteiger partial charge in [-0.05, 0) is 44.8 Å². The third-order valence-electron chi connectivity index (χ3n) is 6.62. The number of pyridine rings is 1.